The highest BCUT2D eigenvalue weighted by Crippen LogP contribution is 2.11. The second kappa shape index (κ2) is 3.32. The van der Waals surface area contributed by atoms with E-state index in [2.05, 4.69) is 4.74 Å². The highest BCUT2D eigenvalue weighted by molar-refractivity contribution is 4.86. The van der Waals surface area contributed by atoms with Crippen molar-refractivity contribution >= 4 is 0 Å². The van der Waals surface area contributed by atoms with Crippen LogP contribution >= 0.6 is 0 Å². The average molecular weight is 144 g/mol. The van der Waals surface area contributed by atoms with Crippen molar-refractivity contribution in [1.29, 1.82) is 0 Å². The van der Waals surface area contributed by atoms with Crippen molar-refractivity contribution in [3.8, 4) is 0 Å². The van der Waals surface area contributed by atoms with E-state index in [1.807, 2.05) is 0 Å². The molecule has 5 heteroatoms. The molecule has 54 valence electrons. The van der Waals surface area contributed by atoms with Crippen LogP contribution in [-0.4, -0.2) is 6.61 Å². The SMILES string of the molecule is C/C(F)=C(/F)OC(F)F. The molecule has 0 rings (SSSR count). The smallest absolute Gasteiger partial charge is 0.389 e. The van der Waals surface area contributed by atoms with E-state index in [4.69, 9.17) is 0 Å². The molecule has 0 saturated heterocycles. The van der Waals surface area contributed by atoms with Gasteiger partial charge in [-0.3, -0.25) is 0 Å². The standard InChI is InChI=1S/C4H4F4O/c1-2(5)3(6)9-4(7)8/h4H,1H3/b3-2+. The Labute approximate surface area is 48.9 Å². The van der Waals surface area contributed by atoms with Gasteiger partial charge in [0.2, 0.25) is 0 Å². The van der Waals surface area contributed by atoms with Crippen molar-refractivity contribution in [2.45, 2.75) is 13.5 Å². The largest absolute Gasteiger partial charge is 0.407 e. The number of allylic oxidation sites excluding steroid dienone is 1. The van der Waals surface area contributed by atoms with Gasteiger partial charge in [0.15, 0.2) is 5.83 Å². The van der Waals surface area contributed by atoms with Crippen molar-refractivity contribution in [3.63, 3.8) is 0 Å². The summed E-state index contributed by atoms with van der Waals surface area (Å²) in [5, 5.41) is 0. The summed E-state index contributed by atoms with van der Waals surface area (Å²) in [6, 6.07) is -1.87. The molecule has 0 atom stereocenters. The zero-order chi connectivity index (χ0) is 7.44. The average Bonchev–Trinajstić information content (AvgIpc) is 1.63. The first kappa shape index (κ1) is 8.26. The fraction of sp³-hybridized carbons (Fsp3) is 0.500. The van der Waals surface area contributed by atoms with Gasteiger partial charge in [-0.05, 0) is 6.92 Å². The Bertz CT molecular complexity index is 116. The number of ether oxygens (including phenoxy) is 1. The Kier molecular flexibility index (Phi) is 3.05. The van der Waals surface area contributed by atoms with E-state index < -0.39 is 18.5 Å². The van der Waals surface area contributed by atoms with E-state index in [9.17, 15) is 17.6 Å². The zero-order valence-electron chi connectivity index (χ0n) is 4.50. The van der Waals surface area contributed by atoms with Crippen LogP contribution in [0.5, 0.6) is 0 Å². The third kappa shape index (κ3) is 3.81. The molecular weight excluding hydrogens is 140 g/mol. The molecule has 0 aliphatic heterocycles. The zero-order valence-corrected chi connectivity index (χ0v) is 4.50. The third-order valence-corrected chi connectivity index (χ3v) is 0.463. The lowest BCUT2D eigenvalue weighted by atomic mass is 10.7. The van der Waals surface area contributed by atoms with Crippen LogP contribution in [0.25, 0.3) is 0 Å². The molecule has 0 bridgehead atoms. The van der Waals surface area contributed by atoms with Crippen LogP contribution in [-0.2, 0) is 4.74 Å². The van der Waals surface area contributed by atoms with Crippen molar-refractivity contribution in [2.24, 2.45) is 0 Å². The monoisotopic (exact) mass is 144 g/mol. The van der Waals surface area contributed by atoms with Crippen molar-refractivity contribution in [2.75, 3.05) is 0 Å². The molecule has 9 heavy (non-hydrogen) atoms. The van der Waals surface area contributed by atoms with E-state index >= 15 is 0 Å². The summed E-state index contributed by atoms with van der Waals surface area (Å²) in [6.45, 7) is -2.63. The fourth-order valence-corrected chi connectivity index (χ4v) is 0.159. The molecule has 0 aliphatic carbocycles. The third-order valence-electron chi connectivity index (χ3n) is 0.463. The van der Waals surface area contributed by atoms with Gasteiger partial charge in [0.05, 0.1) is 0 Å². The molecule has 0 spiro atoms. The first-order chi connectivity index (χ1) is 4.04. The fourth-order valence-electron chi connectivity index (χ4n) is 0.159. The van der Waals surface area contributed by atoms with Gasteiger partial charge in [0.25, 0.3) is 0 Å². The van der Waals surface area contributed by atoms with E-state index in [1.165, 1.54) is 0 Å². The normalized spacial score (nSPS) is 13.6. The number of hydrogen-bond donors (Lipinski definition) is 0. The van der Waals surface area contributed by atoms with Crippen LogP contribution in [0.15, 0.2) is 11.8 Å². The second-order valence-electron chi connectivity index (χ2n) is 1.19. The molecule has 0 aromatic heterocycles. The highest BCUT2D eigenvalue weighted by atomic mass is 19.3. The Hall–Kier alpha value is -0.740. The van der Waals surface area contributed by atoms with Crippen LogP contribution in [0.4, 0.5) is 17.6 Å². The van der Waals surface area contributed by atoms with E-state index in [0.29, 0.717) is 6.92 Å². The van der Waals surface area contributed by atoms with Crippen LogP contribution in [0.1, 0.15) is 6.92 Å². The molecule has 0 amide bonds. The topological polar surface area (TPSA) is 9.23 Å². The molecular formula is C4H4F4O. The molecule has 0 radical (unpaired) electrons. The molecule has 0 aromatic carbocycles. The summed E-state index contributed by atoms with van der Waals surface area (Å²) in [7, 11) is 0. The van der Waals surface area contributed by atoms with Crippen LogP contribution in [0.3, 0.4) is 0 Å². The van der Waals surface area contributed by atoms with Gasteiger partial charge in [-0.25, -0.2) is 4.39 Å². The number of alkyl halides is 2. The summed E-state index contributed by atoms with van der Waals surface area (Å²) in [5.41, 5.74) is 0. The lowest BCUT2D eigenvalue weighted by molar-refractivity contribution is -0.117. The maximum atomic E-state index is 11.6. The molecule has 0 aliphatic rings. The van der Waals surface area contributed by atoms with Gasteiger partial charge in [-0.15, -0.1) is 0 Å². The summed E-state index contributed by atoms with van der Waals surface area (Å²) in [4.78, 5) is 0. The van der Waals surface area contributed by atoms with Crippen LogP contribution in [0.2, 0.25) is 0 Å². The molecule has 0 N–H and O–H groups in total. The minimum Gasteiger partial charge on any atom is -0.407 e. The van der Waals surface area contributed by atoms with Gasteiger partial charge in [-0.2, -0.15) is 13.2 Å². The first-order valence-corrected chi connectivity index (χ1v) is 2.00. The maximum Gasteiger partial charge on any atom is 0.389 e. The van der Waals surface area contributed by atoms with E-state index in [0.717, 1.165) is 0 Å². The Balaban J connectivity index is 3.77. The highest BCUT2D eigenvalue weighted by Gasteiger charge is 2.08. The summed E-state index contributed by atoms with van der Waals surface area (Å²) in [5.74, 6) is -1.39. The Morgan fingerprint density at radius 2 is 1.78 bits per heavy atom. The molecule has 0 unspecified atom stereocenters. The molecule has 1 nitrogen and oxygen atoms in total. The van der Waals surface area contributed by atoms with Crippen molar-refractivity contribution < 1.29 is 22.3 Å². The van der Waals surface area contributed by atoms with Crippen molar-refractivity contribution in [1.82, 2.24) is 0 Å². The Morgan fingerprint density at radius 1 is 1.33 bits per heavy atom. The van der Waals surface area contributed by atoms with Gasteiger partial charge in [0, 0.05) is 0 Å². The molecule has 0 aromatic rings. The molecule has 0 fully saturated rings. The maximum absolute atomic E-state index is 11.6. The second-order valence-corrected chi connectivity index (χ2v) is 1.19. The van der Waals surface area contributed by atoms with Gasteiger partial charge < -0.3 is 4.74 Å². The predicted octanol–water partition coefficient (Wildman–Crippen LogP) is 2.35. The number of rotatable bonds is 2. The minimum atomic E-state index is -3.31. The van der Waals surface area contributed by atoms with Gasteiger partial charge in [0.1, 0.15) is 0 Å². The predicted molar refractivity (Wildman–Crippen MR) is 22.0 cm³/mol. The lowest BCUT2D eigenvalue weighted by Crippen LogP contribution is -1.95. The molecule has 0 heterocycles. The Morgan fingerprint density at radius 3 is 1.89 bits per heavy atom. The summed E-state index contributed by atoms with van der Waals surface area (Å²) >= 11 is 0. The van der Waals surface area contributed by atoms with Crippen molar-refractivity contribution in [3.05, 3.63) is 11.8 Å². The van der Waals surface area contributed by atoms with Gasteiger partial charge >= 0.3 is 12.6 Å². The van der Waals surface area contributed by atoms with E-state index in [-0.39, 0.29) is 0 Å². The summed E-state index contributed by atoms with van der Waals surface area (Å²) in [6.07, 6.45) is 0. The van der Waals surface area contributed by atoms with Gasteiger partial charge in [-0.1, -0.05) is 0 Å². The lowest BCUT2D eigenvalue weighted by Gasteiger charge is -1.98. The minimum absolute atomic E-state index is 0.678. The molecule has 0 saturated carbocycles. The quantitative estimate of drug-likeness (QED) is 0.427. The van der Waals surface area contributed by atoms with Crippen LogP contribution < -0.4 is 0 Å². The van der Waals surface area contributed by atoms with E-state index in [1.54, 1.807) is 0 Å². The summed E-state index contributed by atoms with van der Waals surface area (Å²) < 4.78 is 48.1. The number of halogens is 4. The first-order valence-electron chi connectivity index (χ1n) is 2.00. The number of hydrogen-bond acceptors (Lipinski definition) is 1. The van der Waals surface area contributed by atoms with Crippen LogP contribution in [0, 0.1) is 0 Å².